The van der Waals surface area contributed by atoms with Gasteiger partial charge in [0.05, 0.1) is 18.3 Å². The predicted molar refractivity (Wildman–Crippen MR) is 84.3 cm³/mol. The Morgan fingerprint density at radius 2 is 2.23 bits per heavy atom. The maximum absolute atomic E-state index is 11.9. The van der Waals surface area contributed by atoms with Crippen LogP contribution in [-0.4, -0.2) is 42.2 Å². The average Bonchev–Trinajstić information content (AvgIpc) is 2.74. The molecule has 1 fully saturated rings. The van der Waals surface area contributed by atoms with Crippen molar-refractivity contribution < 1.29 is 22.9 Å². The van der Waals surface area contributed by atoms with Gasteiger partial charge >= 0.3 is 10.2 Å². The Kier molecular flexibility index (Phi) is 5.00. The third-order valence-corrected chi connectivity index (χ3v) is 6.46. The molecule has 2 unspecified atom stereocenters. The van der Waals surface area contributed by atoms with Gasteiger partial charge in [-0.25, -0.2) is 0 Å². The van der Waals surface area contributed by atoms with Crippen molar-refractivity contribution in [2.75, 3.05) is 10.8 Å². The number of anilines is 1. The van der Waals surface area contributed by atoms with E-state index in [4.69, 9.17) is 0 Å². The third-order valence-electron chi connectivity index (χ3n) is 3.26. The number of phenols is 1. The lowest BCUT2D eigenvalue weighted by Crippen LogP contribution is -2.30. The fourth-order valence-corrected chi connectivity index (χ4v) is 4.32. The molecule has 1 saturated heterocycles. The molecule has 2 atom stereocenters. The standard InChI is InChI=1S/C13H18N2O5S2/c1-9(2)21(18)8-10-3-4-12(13(17)5-10)15-6-11(7-16)14-22(15,19)20/h3-5,7,9,11,14,17H,6,8H2,1-2H3. The molecule has 1 aliphatic rings. The Labute approximate surface area is 132 Å². The highest BCUT2D eigenvalue weighted by molar-refractivity contribution is 7.91. The number of benzene rings is 1. The van der Waals surface area contributed by atoms with E-state index in [1.54, 1.807) is 6.07 Å². The van der Waals surface area contributed by atoms with E-state index in [-0.39, 0.29) is 29.0 Å². The van der Waals surface area contributed by atoms with Gasteiger partial charge in [0.1, 0.15) is 23.0 Å². The van der Waals surface area contributed by atoms with Crippen LogP contribution in [0.3, 0.4) is 0 Å². The second-order valence-electron chi connectivity index (χ2n) is 5.29. The van der Waals surface area contributed by atoms with Gasteiger partial charge in [0, 0.05) is 5.56 Å². The largest absolute Gasteiger partial charge is 0.616 e. The number of hydrogen-bond acceptors (Lipinski definition) is 5. The Morgan fingerprint density at radius 3 is 2.73 bits per heavy atom. The van der Waals surface area contributed by atoms with E-state index in [0.29, 0.717) is 11.8 Å². The van der Waals surface area contributed by atoms with Crippen molar-refractivity contribution in [1.82, 2.24) is 4.72 Å². The number of aldehydes is 1. The summed E-state index contributed by atoms with van der Waals surface area (Å²) in [5, 5.41) is 10.1. The monoisotopic (exact) mass is 346 g/mol. The van der Waals surface area contributed by atoms with Gasteiger partial charge in [0.25, 0.3) is 0 Å². The van der Waals surface area contributed by atoms with E-state index < -0.39 is 27.4 Å². The fourth-order valence-electron chi connectivity index (χ4n) is 2.07. The Morgan fingerprint density at radius 1 is 1.55 bits per heavy atom. The smallest absolute Gasteiger partial charge is 0.302 e. The zero-order valence-corrected chi connectivity index (χ0v) is 13.9. The highest BCUT2D eigenvalue weighted by Crippen LogP contribution is 2.32. The summed E-state index contributed by atoms with van der Waals surface area (Å²) in [7, 11) is -3.84. The van der Waals surface area contributed by atoms with Gasteiger partial charge < -0.3 is 14.5 Å². The Balaban J connectivity index is 2.25. The number of aromatic hydroxyl groups is 1. The second kappa shape index (κ2) is 6.45. The molecule has 122 valence electrons. The molecule has 1 aromatic rings. The molecule has 0 aromatic heterocycles. The normalized spacial score (nSPS) is 22.0. The number of hydrogen-bond donors (Lipinski definition) is 2. The number of rotatable bonds is 5. The quantitative estimate of drug-likeness (QED) is 0.587. The van der Waals surface area contributed by atoms with E-state index in [2.05, 4.69) is 4.72 Å². The lowest BCUT2D eigenvalue weighted by molar-refractivity contribution is -0.108. The van der Waals surface area contributed by atoms with E-state index >= 15 is 0 Å². The predicted octanol–water partition coefficient (Wildman–Crippen LogP) is 0.271. The first-order valence-corrected chi connectivity index (χ1v) is 9.51. The maximum atomic E-state index is 11.9. The van der Waals surface area contributed by atoms with Crippen LogP contribution in [0.15, 0.2) is 18.2 Å². The lowest BCUT2D eigenvalue weighted by Gasteiger charge is -2.19. The lowest BCUT2D eigenvalue weighted by atomic mass is 10.2. The van der Waals surface area contributed by atoms with Crippen LogP contribution < -0.4 is 9.03 Å². The molecule has 0 aliphatic carbocycles. The van der Waals surface area contributed by atoms with Gasteiger partial charge in [-0.05, 0) is 37.2 Å². The molecular formula is C13H18N2O5S2. The Hall–Kier alpha value is -1.29. The summed E-state index contributed by atoms with van der Waals surface area (Å²) >= 11 is -1.06. The Bertz CT molecular complexity index is 662. The first kappa shape index (κ1) is 17.1. The summed E-state index contributed by atoms with van der Waals surface area (Å²) in [5.41, 5.74) is 0.751. The van der Waals surface area contributed by atoms with Crippen molar-refractivity contribution in [3.05, 3.63) is 23.8 Å². The molecule has 1 aliphatic heterocycles. The fraction of sp³-hybridized carbons (Fsp3) is 0.462. The molecule has 2 N–H and O–H groups in total. The highest BCUT2D eigenvalue weighted by Gasteiger charge is 2.36. The summed E-state index contributed by atoms with van der Waals surface area (Å²) < 4.78 is 38.8. The average molecular weight is 346 g/mol. The summed E-state index contributed by atoms with van der Waals surface area (Å²) in [5.74, 6) is 0.0585. The molecule has 2 rings (SSSR count). The number of nitrogens with one attached hydrogen (secondary N) is 1. The molecule has 1 heterocycles. The molecule has 0 saturated carbocycles. The van der Waals surface area contributed by atoms with Crippen LogP contribution in [0.1, 0.15) is 19.4 Å². The van der Waals surface area contributed by atoms with Crippen molar-refractivity contribution in [2.45, 2.75) is 30.9 Å². The van der Waals surface area contributed by atoms with E-state index in [0.717, 1.165) is 4.31 Å². The van der Waals surface area contributed by atoms with Crippen LogP contribution in [-0.2, 0) is 31.9 Å². The minimum absolute atomic E-state index is 0.00155. The van der Waals surface area contributed by atoms with Crippen molar-refractivity contribution in [2.24, 2.45) is 0 Å². The van der Waals surface area contributed by atoms with Crippen LogP contribution in [0, 0.1) is 0 Å². The van der Waals surface area contributed by atoms with Gasteiger partial charge in [0.2, 0.25) is 0 Å². The SMILES string of the molecule is CC(C)[S+]([O-])Cc1ccc(N2CC(C=O)NS2(=O)=O)c(O)c1. The number of carbonyl (C=O) groups excluding carboxylic acids is 1. The first-order chi connectivity index (χ1) is 10.2. The molecule has 1 aromatic carbocycles. The van der Waals surface area contributed by atoms with Crippen molar-refractivity contribution in [1.29, 1.82) is 0 Å². The van der Waals surface area contributed by atoms with Crippen molar-refractivity contribution >= 4 is 33.4 Å². The molecule has 7 nitrogen and oxygen atoms in total. The van der Waals surface area contributed by atoms with Crippen LogP contribution in [0.25, 0.3) is 0 Å². The molecule has 0 spiro atoms. The second-order valence-corrected chi connectivity index (χ2v) is 8.91. The van der Waals surface area contributed by atoms with Gasteiger partial charge in [-0.3, -0.25) is 4.31 Å². The van der Waals surface area contributed by atoms with Gasteiger partial charge in [-0.15, -0.1) is 0 Å². The van der Waals surface area contributed by atoms with Crippen molar-refractivity contribution in [3.63, 3.8) is 0 Å². The molecule has 0 amide bonds. The number of nitrogens with zero attached hydrogens (tertiary/aromatic N) is 1. The summed E-state index contributed by atoms with van der Waals surface area (Å²) in [4.78, 5) is 10.7. The zero-order valence-electron chi connectivity index (χ0n) is 12.2. The van der Waals surface area contributed by atoms with Crippen LogP contribution in [0.2, 0.25) is 0 Å². The van der Waals surface area contributed by atoms with Gasteiger partial charge in [0.15, 0.2) is 0 Å². The first-order valence-electron chi connectivity index (χ1n) is 6.69. The summed E-state index contributed by atoms with van der Waals surface area (Å²) in [6.45, 7) is 3.61. The third kappa shape index (κ3) is 3.54. The summed E-state index contributed by atoms with van der Waals surface area (Å²) in [6.07, 6.45) is 0.509. The molecule has 0 radical (unpaired) electrons. The van der Waals surface area contributed by atoms with Crippen LogP contribution in [0.4, 0.5) is 5.69 Å². The number of phenolic OH excluding ortho intramolecular Hbond substituents is 1. The van der Waals surface area contributed by atoms with Crippen LogP contribution >= 0.6 is 0 Å². The summed E-state index contributed by atoms with van der Waals surface area (Å²) in [6, 6.07) is 3.64. The van der Waals surface area contributed by atoms with E-state index in [1.165, 1.54) is 12.1 Å². The molecule has 22 heavy (non-hydrogen) atoms. The van der Waals surface area contributed by atoms with Gasteiger partial charge in [-0.1, -0.05) is 6.07 Å². The van der Waals surface area contributed by atoms with Gasteiger partial charge in [-0.2, -0.15) is 13.1 Å². The number of carbonyl (C=O) groups is 1. The highest BCUT2D eigenvalue weighted by atomic mass is 32.2. The van der Waals surface area contributed by atoms with E-state index in [9.17, 15) is 22.9 Å². The zero-order chi connectivity index (χ0) is 16.5. The maximum Gasteiger partial charge on any atom is 0.302 e. The molecule has 9 heteroatoms. The topological polar surface area (TPSA) is 110 Å². The molecular weight excluding hydrogens is 328 g/mol. The minimum atomic E-state index is -3.84. The van der Waals surface area contributed by atoms with Crippen molar-refractivity contribution in [3.8, 4) is 5.75 Å². The molecule has 0 bridgehead atoms. The van der Waals surface area contributed by atoms with Crippen LogP contribution in [0.5, 0.6) is 5.75 Å². The van der Waals surface area contributed by atoms with E-state index in [1.807, 2.05) is 13.8 Å². The minimum Gasteiger partial charge on any atom is -0.616 e.